The summed E-state index contributed by atoms with van der Waals surface area (Å²) in [5.41, 5.74) is 7.84. The second-order valence-corrected chi connectivity index (χ2v) is 5.63. The Kier molecular flexibility index (Phi) is 5.56. The molecule has 106 valence electrons. The fourth-order valence-electron chi connectivity index (χ4n) is 2.10. The van der Waals surface area contributed by atoms with Crippen molar-refractivity contribution in [2.45, 2.75) is 24.9 Å². The minimum absolute atomic E-state index is 0.0857. The van der Waals surface area contributed by atoms with Gasteiger partial charge in [0, 0.05) is 16.9 Å². The Morgan fingerprint density at radius 1 is 1.20 bits per heavy atom. The lowest BCUT2D eigenvalue weighted by Crippen LogP contribution is -2.46. The van der Waals surface area contributed by atoms with E-state index in [1.807, 2.05) is 48.6 Å². The molecule has 4 heteroatoms. The van der Waals surface area contributed by atoms with Crippen LogP contribution in [0, 0.1) is 0 Å². The molecule has 1 aromatic rings. The average Bonchev–Trinajstić information content (AvgIpc) is 2.48. The van der Waals surface area contributed by atoms with Crippen molar-refractivity contribution in [2.24, 2.45) is 5.73 Å². The molecule has 3 nitrogen and oxygen atoms in total. The smallest absolute Gasteiger partial charge is 0.251 e. The highest BCUT2D eigenvalue weighted by Gasteiger charge is 2.17. The zero-order valence-corrected chi connectivity index (χ0v) is 12.8. The number of amides is 1. The van der Waals surface area contributed by atoms with Crippen LogP contribution in [0.25, 0.3) is 0 Å². The van der Waals surface area contributed by atoms with E-state index in [2.05, 4.69) is 21.2 Å². The molecule has 0 bridgehead atoms. The first kappa shape index (κ1) is 15.0. The molecular weight excluding hydrogens is 316 g/mol. The lowest BCUT2D eigenvalue weighted by Gasteiger charge is -2.21. The Morgan fingerprint density at radius 3 is 2.55 bits per heavy atom. The Labute approximate surface area is 128 Å². The van der Waals surface area contributed by atoms with Crippen molar-refractivity contribution in [3.63, 3.8) is 0 Å². The van der Waals surface area contributed by atoms with Gasteiger partial charge < -0.3 is 11.1 Å². The van der Waals surface area contributed by atoms with Crippen LogP contribution >= 0.6 is 15.9 Å². The van der Waals surface area contributed by atoms with E-state index >= 15 is 0 Å². The van der Waals surface area contributed by atoms with Gasteiger partial charge in [0.05, 0.1) is 6.04 Å². The summed E-state index contributed by atoms with van der Waals surface area (Å²) in [7, 11) is 0. The molecule has 1 amide bonds. The van der Waals surface area contributed by atoms with Gasteiger partial charge in [-0.1, -0.05) is 52.4 Å². The molecule has 0 heterocycles. The molecule has 0 aromatic heterocycles. The lowest BCUT2D eigenvalue weighted by atomic mass is 10.0. The van der Waals surface area contributed by atoms with Gasteiger partial charge in [-0.05, 0) is 30.5 Å². The van der Waals surface area contributed by atoms with Crippen molar-refractivity contribution in [2.75, 3.05) is 5.33 Å². The van der Waals surface area contributed by atoms with Crippen LogP contribution in [-0.2, 0) is 6.42 Å². The van der Waals surface area contributed by atoms with Gasteiger partial charge in [0.1, 0.15) is 0 Å². The highest BCUT2D eigenvalue weighted by molar-refractivity contribution is 9.09. The van der Waals surface area contributed by atoms with Crippen molar-refractivity contribution >= 4 is 21.8 Å². The van der Waals surface area contributed by atoms with E-state index in [1.165, 1.54) is 5.56 Å². The molecule has 1 aliphatic rings. The fraction of sp³-hybridized carbons (Fsp3) is 0.312. The number of aryl methyl sites for hydroxylation is 1. The predicted octanol–water partition coefficient (Wildman–Crippen LogP) is 2.57. The van der Waals surface area contributed by atoms with Crippen LogP contribution in [-0.4, -0.2) is 23.3 Å². The van der Waals surface area contributed by atoms with E-state index in [-0.39, 0.29) is 18.0 Å². The molecule has 0 radical (unpaired) electrons. The van der Waals surface area contributed by atoms with Crippen molar-refractivity contribution < 1.29 is 4.79 Å². The van der Waals surface area contributed by atoms with Crippen molar-refractivity contribution in [3.8, 4) is 0 Å². The number of alkyl halides is 1. The summed E-state index contributed by atoms with van der Waals surface area (Å²) in [6.45, 7) is 0. The number of benzene rings is 1. The van der Waals surface area contributed by atoms with E-state index in [4.69, 9.17) is 5.73 Å². The first-order chi connectivity index (χ1) is 9.70. The molecule has 1 aromatic carbocycles. The number of hydrogen-bond donors (Lipinski definition) is 2. The van der Waals surface area contributed by atoms with Crippen LogP contribution in [0.2, 0.25) is 0 Å². The molecule has 0 saturated heterocycles. The molecular formula is C16H19BrN2O. The number of carbonyl (C=O) groups excluding carboxylic acids is 1. The second kappa shape index (κ2) is 7.41. The number of hydrogen-bond acceptors (Lipinski definition) is 2. The zero-order valence-electron chi connectivity index (χ0n) is 11.3. The van der Waals surface area contributed by atoms with Crippen molar-refractivity contribution in [1.29, 1.82) is 0 Å². The van der Waals surface area contributed by atoms with Crippen LogP contribution < -0.4 is 11.1 Å². The third kappa shape index (κ3) is 4.05. The van der Waals surface area contributed by atoms with E-state index in [0.717, 1.165) is 18.2 Å². The summed E-state index contributed by atoms with van der Waals surface area (Å²) in [6, 6.07) is 7.45. The van der Waals surface area contributed by atoms with Gasteiger partial charge >= 0.3 is 0 Å². The lowest BCUT2D eigenvalue weighted by molar-refractivity contribution is 0.0942. The first-order valence-corrected chi connectivity index (χ1v) is 7.89. The van der Waals surface area contributed by atoms with Crippen LogP contribution in [0.4, 0.5) is 0 Å². The van der Waals surface area contributed by atoms with Crippen molar-refractivity contribution in [1.82, 2.24) is 5.32 Å². The van der Waals surface area contributed by atoms with Crippen molar-refractivity contribution in [3.05, 3.63) is 59.7 Å². The number of allylic oxidation sites excluding steroid dienone is 2. The van der Waals surface area contributed by atoms with E-state index in [9.17, 15) is 4.79 Å². The van der Waals surface area contributed by atoms with Gasteiger partial charge in [-0.3, -0.25) is 4.79 Å². The second-order valence-electron chi connectivity index (χ2n) is 4.84. The molecule has 2 atom stereocenters. The summed E-state index contributed by atoms with van der Waals surface area (Å²) in [6.07, 6.45) is 9.71. The molecule has 2 rings (SSSR count). The summed E-state index contributed by atoms with van der Waals surface area (Å²) in [5.74, 6) is -0.0857. The number of carbonyl (C=O) groups is 1. The standard InChI is InChI=1S/C16H19BrN2O/c17-11-3-4-12-7-9-13(10-8-12)16(20)19-15-6-2-1-5-14(15)18/h1-2,5-10,14-15H,3-4,11,18H2,(H,19,20). The van der Waals surface area contributed by atoms with Gasteiger partial charge in [0.15, 0.2) is 0 Å². The first-order valence-electron chi connectivity index (χ1n) is 6.77. The SMILES string of the molecule is NC1C=CC=CC1NC(=O)c1ccc(CCCBr)cc1. The van der Waals surface area contributed by atoms with E-state index in [1.54, 1.807) is 0 Å². The number of halogens is 1. The highest BCUT2D eigenvalue weighted by atomic mass is 79.9. The van der Waals surface area contributed by atoms with E-state index in [0.29, 0.717) is 5.56 Å². The predicted molar refractivity (Wildman–Crippen MR) is 86.1 cm³/mol. The molecule has 0 aliphatic heterocycles. The Morgan fingerprint density at radius 2 is 1.90 bits per heavy atom. The molecule has 3 N–H and O–H groups in total. The average molecular weight is 335 g/mol. The molecule has 0 spiro atoms. The molecule has 2 unspecified atom stereocenters. The monoisotopic (exact) mass is 334 g/mol. The number of nitrogens with one attached hydrogen (secondary N) is 1. The third-order valence-electron chi connectivity index (χ3n) is 3.29. The van der Waals surface area contributed by atoms with Crippen LogP contribution in [0.15, 0.2) is 48.6 Å². The molecule has 0 saturated carbocycles. The Hall–Kier alpha value is -1.39. The quantitative estimate of drug-likeness (QED) is 0.813. The molecule has 20 heavy (non-hydrogen) atoms. The summed E-state index contributed by atoms with van der Waals surface area (Å²) >= 11 is 3.42. The minimum Gasteiger partial charge on any atom is -0.344 e. The summed E-state index contributed by atoms with van der Waals surface area (Å²) in [5, 5.41) is 3.93. The normalized spacial score (nSPS) is 20.9. The largest absolute Gasteiger partial charge is 0.344 e. The fourth-order valence-corrected chi connectivity index (χ4v) is 2.38. The molecule has 1 aliphatic carbocycles. The molecule has 0 fully saturated rings. The maximum atomic E-state index is 12.2. The maximum absolute atomic E-state index is 12.2. The summed E-state index contributed by atoms with van der Waals surface area (Å²) < 4.78 is 0. The minimum atomic E-state index is -0.165. The number of rotatable bonds is 5. The van der Waals surface area contributed by atoms with Gasteiger partial charge in [-0.2, -0.15) is 0 Å². The topological polar surface area (TPSA) is 55.1 Å². The van der Waals surface area contributed by atoms with Gasteiger partial charge in [0.2, 0.25) is 0 Å². The van der Waals surface area contributed by atoms with E-state index < -0.39 is 0 Å². The van der Waals surface area contributed by atoms with Crippen LogP contribution in [0.1, 0.15) is 22.3 Å². The van der Waals surface area contributed by atoms with Gasteiger partial charge in [-0.15, -0.1) is 0 Å². The number of nitrogens with two attached hydrogens (primary N) is 1. The van der Waals surface area contributed by atoms with Crippen LogP contribution in [0.5, 0.6) is 0 Å². The highest BCUT2D eigenvalue weighted by Crippen LogP contribution is 2.09. The van der Waals surface area contributed by atoms with Crippen LogP contribution in [0.3, 0.4) is 0 Å². The zero-order chi connectivity index (χ0) is 14.4. The van der Waals surface area contributed by atoms with Gasteiger partial charge in [0.25, 0.3) is 5.91 Å². The Bertz CT molecular complexity index is 508. The van der Waals surface area contributed by atoms with Gasteiger partial charge in [-0.25, -0.2) is 0 Å². The maximum Gasteiger partial charge on any atom is 0.251 e. The Balaban J connectivity index is 1.95. The third-order valence-corrected chi connectivity index (χ3v) is 3.85. The summed E-state index contributed by atoms with van der Waals surface area (Å²) in [4.78, 5) is 12.2.